The average molecular weight is 359 g/mol. The fourth-order valence-corrected chi connectivity index (χ4v) is 4.01. The van der Waals surface area contributed by atoms with Crippen molar-refractivity contribution in [3.05, 3.63) is 29.8 Å². The van der Waals surface area contributed by atoms with E-state index in [1.54, 1.807) is 0 Å². The van der Waals surface area contributed by atoms with Crippen LogP contribution in [0.4, 0.5) is 5.69 Å². The van der Waals surface area contributed by atoms with E-state index in [-0.39, 0.29) is 11.8 Å². The molecule has 1 saturated carbocycles. The molecule has 2 fully saturated rings. The quantitative estimate of drug-likeness (QED) is 0.795. The summed E-state index contributed by atoms with van der Waals surface area (Å²) in [6.07, 6.45) is 11.1. The molecule has 142 valence electrons. The van der Waals surface area contributed by atoms with Crippen LogP contribution in [0.15, 0.2) is 24.3 Å². The maximum Gasteiger partial charge on any atom is 0.279 e. The molecule has 1 aliphatic heterocycles. The van der Waals surface area contributed by atoms with Crippen molar-refractivity contribution in [1.29, 1.82) is 0 Å². The number of carbonyl (C=O) groups is 2. The number of anilines is 1. The Morgan fingerprint density at radius 3 is 2.19 bits per heavy atom. The summed E-state index contributed by atoms with van der Waals surface area (Å²) < 4.78 is 0. The van der Waals surface area contributed by atoms with Crippen molar-refractivity contribution in [2.75, 3.05) is 25.0 Å². The van der Waals surface area contributed by atoms with Gasteiger partial charge in [0.05, 0.1) is 6.04 Å². The van der Waals surface area contributed by atoms with Gasteiger partial charge in [-0.05, 0) is 69.2 Å². The Bertz CT molecular complexity index is 586. The fourth-order valence-electron chi connectivity index (χ4n) is 4.01. The Morgan fingerprint density at radius 1 is 0.923 bits per heavy atom. The number of quaternary nitrogens is 1. The second-order valence-electron chi connectivity index (χ2n) is 7.67. The van der Waals surface area contributed by atoms with Crippen LogP contribution in [-0.4, -0.2) is 42.4 Å². The van der Waals surface area contributed by atoms with E-state index in [1.807, 2.05) is 29.2 Å². The second kappa shape index (κ2) is 9.72. The van der Waals surface area contributed by atoms with Gasteiger partial charge in [0.2, 0.25) is 0 Å². The van der Waals surface area contributed by atoms with Crippen LogP contribution >= 0.6 is 0 Å². The van der Waals surface area contributed by atoms with E-state index in [0.29, 0.717) is 18.2 Å². The summed E-state index contributed by atoms with van der Waals surface area (Å²) in [5, 5.41) is 5.14. The molecule has 26 heavy (non-hydrogen) atoms. The summed E-state index contributed by atoms with van der Waals surface area (Å²) in [7, 11) is 0. The SMILES string of the molecule is O=C(C[NH2+]C1CCCCCC1)Nc1ccc(C(=O)N2CCCCC2)cc1. The number of nitrogens with two attached hydrogens (primary N) is 1. The van der Waals surface area contributed by atoms with Gasteiger partial charge in [0.1, 0.15) is 0 Å². The molecule has 2 aliphatic rings. The molecule has 1 heterocycles. The molecule has 0 spiro atoms. The summed E-state index contributed by atoms with van der Waals surface area (Å²) >= 11 is 0. The molecular formula is C21H32N3O2+. The van der Waals surface area contributed by atoms with E-state index in [1.165, 1.54) is 44.9 Å². The van der Waals surface area contributed by atoms with Gasteiger partial charge in [-0.1, -0.05) is 12.8 Å². The Labute approximate surface area is 156 Å². The van der Waals surface area contributed by atoms with E-state index in [9.17, 15) is 9.59 Å². The lowest BCUT2D eigenvalue weighted by atomic mass is 10.1. The van der Waals surface area contributed by atoms with Crippen molar-refractivity contribution >= 4 is 17.5 Å². The van der Waals surface area contributed by atoms with Crippen LogP contribution in [0.1, 0.15) is 68.1 Å². The molecule has 1 saturated heterocycles. The van der Waals surface area contributed by atoms with Gasteiger partial charge in [-0.15, -0.1) is 0 Å². The summed E-state index contributed by atoms with van der Waals surface area (Å²) in [5.74, 6) is 0.133. The van der Waals surface area contributed by atoms with E-state index in [4.69, 9.17) is 0 Å². The van der Waals surface area contributed by atoms with Crippen molar-refractivity contribution in [3.63, 3.8) is 0 Å². The fraction of sp³-hybridized carbons (Fsp3) is 0.619. The van der Waals surface area contributed by atoms with Crippen molar-refractivity contribution in [2.24, 2.45) is 0 Å². The normalized spacial score (nSPS) is 19.0. The molecule has 0 aromatic heterocycles. The first-order valence-electron chi connectivity index (χ1n) is 10.2. The largest absolute Gasteiger partial charge is 0.339 e. The Hall–Kier alpha value is -1.88. The van der Waals surface area contributed by atoms with Crippen molar-refractivity contribution in [2.45, 2.75) is 63.8 Å². The summed E-state index contributed by atoms with van der Waals surface area (Å²) in [6, 6.07) is 7.90. The van der Waals surface area contributed by atoms with Gasteiger partial charge in [0, 0.05) is 24.3 Å². The van der Waals surface area contributed by atoms with E-state index in [0.717, 1.165) is 31.6 Å². The van der Waals surface area contributed by atoms with Gasteiger partial charge in [-0.3, -0.25) is 9.59 Å². The first kappa shape index (κ1) is 18.9. The molecule has 5 nitrogen and oxygen atoms in total. The molecule has 0 bridgehead atoms. The molecule has 5 heteroatoms. The molecule has 1 aromatic rings. The molecule has 1 aliphatic carbocycles. The van der Waals surface area contributed by atoms with E-state index >= 15 is 0 Å². The molecule has 2 amide bonds. The number of piperidine rings is 1. The number of nitrogens with zero attached hydrogens (tertiary/aromatic N) is 1. The minimum absolute atomic E-state index is 0.0318. The topological polar surface area (TPSA) is 66.0 Å². The van der Waals surface area contributed by atoms with E-state index < -0.39 is 0 Å². The minimum Gasteiger partial charge on any atom is -0.339 e. The lowest BCUT2D eigenvalue weighted by molar-refractivity contribution is -0.680. The van der Waals surface area contributed by atoms with Crippen LogP contribution in [0, 0.1) is 0 Å². The lowest BCUT2D eigenvalue weighted by Gasteiger charge is -2.26. The minimum atomic E-state index is 0.0318. The second-order valence-corrected chi connectivity index (χ2v) is 7.67. The van der Waals surface area contributed by atoms with Gasteiger partial charge >= 0.3 is 0 Å². The molecule has 3 rings (SSSR count). The number of benzene rings is 1. The third-order valence-electron chi connectivity index (χ3n) is 5.60. The Morgan fingerprint density at radius 2 is 1.54 bits per heavy atom. The molecular weight excluding hydrogens is 326 g/mol. The maximum absolute atomic E-state index is 12.5. The zero-order valence-electron chi connectivity index (χ0n) is 15.7. The molecule has 3 N–H and O–H groups in total. The van der Waals surface area contributed by atoms with Crippen LogP contribution in [0.3, 0.4) is 0 Å². The molecule has 0 unspecified atom stereocenters. The van der Waals surface area contributed by atoms with Crippen molar-refractivity contribution in [1.82, 2.24) is 4.90 Å². The number of amides is 2. The zero-order chi connectivity index (χ0) is 18.2. The first-order chi connectivity index (χ1) is 12.7. The van der Waals surface area contributed by atoms with Gasteiger partial charge in [0.25, 0.3) is 11.8 Å². The van der Waals surface area contributed by atoms with Crippen LogP contribution < -0.4 is 10.6 Å². The smallest absolute Gasteiger partial charge is 0.279 e. The number of rotatable bonds is 5. The third kappa shape index (κ3) is 5.56. The highest BCUT2D eigenvalue weighted by Gasteiger charge is 2.19. The summed E-state index contributed by atoms with van der Waals surface area (Å²) in [5.41, 5.74) is 1.47. The van der Waals surface area contributed by atoms with Gasteiger partial charge in [-0.25, -0.2) is 0 Å². The van der Waals surface area contributed by atoms with Crippen LogP contribution in [-0.2, 0) is 4.79 Å². The van der Waals surface area contributed by atoms with Gasteiger partial charge in [-0.2, -0.15) is 0 Å². The zero-order valence-corrected chi connectivity index (χ0v) is 15.7. The van der Waals surface area contributed by atoms with E-state index in [2.05, 4.69) is 10.6 Å². The van der Waals surface area contributed by atoms with Crippen molar-refractivity contribution < 1.29 is 14.9 Å². The molecule has 1 aromatic carbocycles. The molecule has 0 atom stereocenters. The standard InChI is InChI=1S/C21H31N3O2/c25-20(16-22-18-8-4-1-2-5-9-18)23-19-12-10-17(11-13-19)21(26)24-14-6-3-7-15-24/h10-13,18,22H,1-9,14-16H2,(H,23,25)/p+1. The first-order valence-corrected chi connectivity index (χ1v) is 10.2. The van der Waals surface area contributed by atoms with Crippen LogP contribution in [0.2, 0.25) is 0 Å². The van der Waals surface area contributed by atoms with Gasteiger partial charge < -0.3 is 15.5 Å². The summed E-state index contributed by atoms with van der Waals surface area (Å²) in [6.45, 7) is 2.18. The third-order valence-corrected chi connectivity index (χ3v) is 5.60. The highest BCUT2D eigenvalue weighted by molar-refractivity contribution is 5.96. The number of likely N-dealkylation sites (tertiary alicyclic amines) is 1. The average Bonchev–Trinajstić information content (AvgIpc) is 2.96. The number of hydrogen-bond acceptors (Lipinski definition) is 2. The highest BCUT2D eigenvalue weighted by atomic mass is 16.2. The molecule has 0 radical (unpaired) electrons. The van der Waals surface area contributed by atoms with Crippen molar-refractivity contribution in [3.8, 4) is 0 Å². The number of hydrogen-bond donors (Lipinski definition) is 2. The predicted molar refractivity (Wildman–Crippen MR) is 103 cm³/mol. The maximum atomic E-state index is 12.5. The monoisotopic (exact) mass is 358 g/mol. The Kier molecular flexibility index (Phi) is 7.06. The number of carbonyl (C=O) groups excluding carboxylic acids is 2. The van der Waals surface area contributed by atoms with Gasteiger partial charge in [0.15, 0.2) is 6.54 Å². The summed E-state index contributed by atoms with van der Waals surface area (Å²) in [4.78, 5) is 26.6. The predicted octanol–water partition coefficient (Wildman–Crippen LogP) is 2.54. The number of nitrogens with one attached hydrogen (secondary N) is 1. The lowest BCUT2D eigenvalue weighted by Crippen LogP contribution is -2.91. The highest BCUT2D eigenvalue weighted by Crippen LogP contribution is 2.16. The Balaban J connectivity index is 1.45. The van der Waals surface area contributed by atoms with Crippen LogP contribution in [0.5, 0.6) is 0 Å². The van der Waals surface area contributed by atoms with Crippen LogP contribution in [0.25, 0.3) is 0 Å².